The zero-order valence-corrected chi connectivity index (χ0v) is 14.7. The van der Waals surface area contributed by atoms with Gasteiger partial charge in [0.15, 0.2) is 5.96 Å². The highest BCUT2D eigenvalue weighted by atomic mass is 16.5. The summed E-state index contributed by atoms with van der Waals surface area (Å²) >= 11 is 0. The average Bonchev–Trinajstić information content (AvgIpc) is 2.51. The predicted octanol–water partition coefficient (Wildman–Crippen LogP) is 2.42. The summed E-state index contributed by atoms with van der Waals surface area (Å²) in [5.74, 6) is 2.67. The van der Waals surface area contributed by atoms with Gasteiger partial charge in [-0.15, -0.1) is 0 Å². The molecule has 0 aliphatic heterocycles. The van der Waals surface area contributed by atoms with Gasteiger partial charge in [0, 0.05) is 26.7 Å². The highest BCUT2D eigenvalue weighted by Crippen LogP contribution is 2.30. The first-order chi connectivity index (χ1) is 10.8. The fourth-order valence-corrected chi connectivity index (χ4v) is 3.01. The van der Waals surface area contributed by atoms with Crippen LogP contribution >= 0.6 is 0 Å². The smallest absolute Gasteiger partial charge is 0.191 e. The topological polar surface area (TPSA) is 54.9 Å². The van der Waals surface area contributed by atoms with Crippen molar-refractivity contribution in [2.45, 2.75) is 46.0 Å². The molecule has 0 aromatic carbocycles. The Labute approximate surface area is 136 Å². The molecular formula is C17H35N3O2. The number of nitrogens with zero attached hydrogens (tertiary/aromatic N) is 1. The number of guanidine groups is 1. The van der Waals surface area contributed by atoms with Gasteiger partial charge in [0.1, 0.15) is 0 Å². The second-order valence-corrected chi connectivity index (χ2v) is 6.22. The van der Waals surface area contributed by atoms with Crippen LogP contribution in [-0.4, -0.2) is 52.5 Å². The molecule has 2 atom stereocenters. The number of hydrogen-bond acceptors (Lipinski definition) is 3. The second kappa shape index (κ2) is 12.7. The summed E-state index contributed by atoms with van der Waals surface area (Å²) in [5.41, 5.74) is 0. The van der Waals surface area contributed by atoms with Crippen molar-refractivity contribution in [1.82, 2.24) is 10.6 Å². The van der Waals surface area contributed by atoms with E-state index in [9.17, 15) is 0 Å². The van der Waals surface area contributed by atoms with Crippen LogP contribution in [0.1, 0.15) is 46.0 Å². The zero-order valence-electron chi connectivity index (χ0n) is 14.7. The first kappa shape index (κ1) is 19.2. The molecular weight excluding hydrogens is 278 g/mol. The van der Waals surface area contributed by atoms with Crippen LogP contribution in [0.25, 0.3) is 0 Å². The Morgan fingerprint density at radius 1 is 1.18 bits per heavy atom. The van der Waals surface area contributed by atoms with Gasteiger partial charge >= 0.3 is 0 Å². The second-order valence-electron chi connectivity index (χ2n) is 6.22. The minimum Gasteiger partial charge on any atom is -0.382 e. The lowest BCUT2D eigenvalue weighted by Gasteiger charge is -2.26. The van der Waals surface area contributed by atoms with Crippen LogP contribution in [0.4, 0.5) is 0 Å². The third kappa shape index (κ3) is 9.26. The van der Waals surface area contributed by atoms with Crippen LogP contribution in [0.3, 0.4) is 0 Å². The minimum absolute atomic E-state index is 0.645. The minimum atomic E-state index is 0.645. The third-order valence-electron chi connectivity index (χ3n) is 4.17. The van der Waals surface area contributed by atoms with E-state index >= 15 is 0 Å². The molecule has 0 radical (unpaired) electrons. The van der Waals surface area contributed by atoms with Gasteiger partial charge in [0.05, 0.1) is 19.8 Å². The summed E-state index contributed by atoms with van der Waals surface area (Å²) in [5, 5.41) is 6.61. The summed E-state index contributed by atoms with van der Waals surface area (Å²) in [4.78, 5) is 4.68. The highest BCUT2D eigenvalue weighted by Gasteiger charge is 2.18. The lowest BCUT2D eigenvalue weighted by Crippen LogP contribution is -2.39. The molecule has 0 bridgehead atoms. The molecule has 2 unspecified atom stereocenters. The van der Waals surface area contributed by atoms with Crippen LogP contribution in [0, 0.1) is 11.8 Å². The Balaban J connectivity index is 2.17. The fraction of sp³-hybridized carbons (Fsp3) is 0.941. The number of aliphatic imine (C=N–C) groups is 1. The van der Waals surface area contributed by atoms with E-state index in [1.54, 1.807) is 7.11 Å². The predicted molar refractivity (Wildman–Crippen MR) is 92.4 cm³/mol. The number of ether oxygens (including phenoxy) is 2. The molecule has 1 aliphatic rings. The molecule has 22 heavy (non-hydrogen) atoms. The van der Waals surface area contributed by atoms with Gasteiger partial charge in [-0.3, -0.25) is 4.99 Å². The lowest BCUT2D eigenvalue weighted by atomic mass is 9.81. The largest absolute Gasteiger partial charge is 0.382 e. The SMILES string of the molecule is CCNC(=NCCC1CCCC(C)C1)NCCOCCOC. The molecule has 5 nitrogen and oxygen atoms in total. The molecule has 5 heteroatoms. The molecule has 1 fully saturated rings. The number of rotatable bonds is 10. The Bertz CT molecular complexity index is 298. The van der Waals surface area contributed by atoms with Crippen LogP contribution in [-0.2, 0) is 9.47 Å². The highest BCUT2D eigenvalue weighted by molar-refractivity contribution is 5.79. The summed E-state index contributed by atoms with van der Waals surface area (Å²) in [6.45, 7) is 9.01. The van der Waals surface area contributed by atoms with E-state index in [1.165, 1.54) is 32.1 Å². The molecule has 1 saturated carbocycles. The summed E-state index contributed by atoms with van der Waals surface area (Å²) < 4.78 is 10.4. The molecule has 0 amide bonds. The van der Waals surface area contributed by atoms with E-state index in [4.69, 9.17) is 9.47 Å². The van der Waals surface area contributed by atoms with E-state index in [2.05, 4.69) is 29.5 Å². The molecule has 0 aromatic rings. The van der Waals surface area contributed by atoms with Gasteiger partial charge in [-0.2, -0.15) is 0 Å². The normalized spacial score (nSPS) is 22.6. The monoisotopic (exact) mass is 313 g/mol. The number of nitrogens with one attached hydrogen (secondary N) is 2. The van der Waals surface area contributed by atoms with Crippen molar-refractivity contribution in [2.24, 2.45) is 16.8 Å². The van der Waals surface area contributed by atoms with Crippen molar-refractivity contribution < 1.29 is 9.47 Å². The van der Waals surface area contributed by atoms with Gasteiger partial charge in [0.2, 0.25) is 0 Å². The maximum atomic E-state index is 5.44. The van der Waals surface area contributed by atoms with E-state index in [-0.39, 0.29) is 0 Å². The third-order valence-corrected chi connectivity index (χ3v) is 4.17. The molecule has 0 heterocycles. The lowest BCUT2D eigenvalue weighted by molar-refractivity contribution is 0.0733. The molecule has 1 rings (SSSR count). The molecule has 130 valence electrons. The Hall–Kier alpha value is -0.810. The van der Waals surface area contributed by atoms with Crippen molar-refractivity contribution in [3.63, 3.8) is 0 Å². The maximum absolute atomic E-state index is 5.44. The first-order valence-electron chi connectivity index (χ1n) is 8.85. The zero-order chi connectivity index (χ0) is 16.0. The van der Waals surface area contributed by atoms with Crippen LogP contribution in [0.2, 0.25) is 0 Å². The van der Waals surface area contributed by atoms with Crippen molar-refractivity contribution in [1.29, 1.82) is 0 Å². The van der Waals surface area contributed by atoms with Gasteiger partial charge in [-0.05, 0) is 31.6 Å². The molecule has 0 spiro atoms. The molecule has 2 N–H and O–H groups in total. The van der Waals surface area contributed by atoms with Crippen LogP contribution in [0.5, 0.6) is 0 Å². The van der Waals surface area contributed by atoms with Crippen molar-refractivity contribution in [3.05, 3.63) is 0 Å². The average molecular weight is 313 g/mol. The van der Waals surface area contributed by atoms with E-state index < -0.39 is 0 Å². The van der Waals surface area contributed by atoms with Gasteiger partial charge in [0.25, 0.3) is 0 Å². The molecule has 1 aliphatic carbocycles. The Morgan fingerprint density at radius 2 is 2.05 bits per heavy atom. The van der Waals surface area contributed by atoms with Crippen molar-refractivity contribution >= 4 is 5.96 Å². The number of methoxy groups -OCH3 is 1. The number of hydrogen-bond donors (Lipinski definition) is 2. The van der Waals surface area contributed by atoms with Gasteiger partial charge < -0.3 is 20.1 Å². The fourth-order valence-electron chi connectivity index (χ4n) is 3.01. The first-order valence-corrected chi connectivity index (χ1v) is 8.85. The van der Waals surface area contributed by atoms with E-state index in [0.29, 0.717) is 19.8 Å². The Kier molecular flexibility index (Phi) is 11.1. The quantitative estimate of drug-likeness (QED) is 0.369. The summed E-state index contributed by atoms with van der Waals surface area (Å²) in [6.07, 6.45) is 6.79. The Morgan fingerprint density at radius 3 is 2.77 bits per heavy atom. The molecule has 0 saturated heterocycles. The summed E-state index contributed by atoms with van der Waals surface area (Å²) in [6, 6.07) is 0. The van der Waals surface area contributed by atoms with Crippen LogP contribution < -0.4 is 10.6 Å². The van der Waals surface area contributed by atoms with E-state index in [1.807, 2.05) is 0 Å². The van der Waals surface area contributed by atoms with Crippen molar-refractivity contribution in [3.8, 4) is 0 Å². The standard InChI is InChI=1S/C17H35N3O2/c1-4-18-17(20-10-11-22-13-12-21-3)19-9-8-16-7-5-6-15(2)14-16/h15-16H,4-14H2,1-3H3,(H2,18,19,20). The van der Waals surface area contributed by atoms with Gasteiger partial charge in [-0.25, -0.2) is 0 Å². The molecule has 0 aromatic heterocycles. The van der Waals surface area contributed by atoms with Crippen LogP contribution in [0.15, 0.2) is 4.99 Å². The van der Waals surface area contributed by atoms with E-state index in [0.717, 1.165) is 37.4 Å². The maximum Gasteiger partial charge on any atom is 0.191 e. The van der Waals surface area contributed by atoms with Crippen molar-refractivity contribution in [2.75, 3.05) is 46.6 Å². The van der Waals surface area contributed by atoms with Gasteiger partial charge in [-0.1, -0.05) is 26.2 Å². The summed E-state index contributed by atoms with van der Waals surface area (Å²) in [7, 11) is 1.69.